The Kier molecular flexibility index (Phi) is 5.74. The molecule has 1 aliphatic heterocycles. The van der Waals surface area contributed by atoms with Crippen molar-refractivity contribution in [2.24, 2.45) is 11.7 Å². The van der Waals surface area contributed by atoms with Gasteiger partial charge in [-0.1, -0.05) is 0 Å². The maximum Gasteiger partial charge on any atom is 0.252 e. The van der Waals surface area contributed by atoms with Gasteiger partial charge in [-0.05, 0) is 57.3 Å². The van der Waals surface area contributed by atoms with Crippen LogP contribution in [0.4, 0.5) is 5.82 Å². The third kappa shape index (κ3) is 4.18. The first kappa shape index (κ1) is 16.7. The van der Waals surface area contributed by atoms with Gasteiger partial charge in [-0.3, -0.25) is 4.79 Å². The van der Waals surface area contributed by atoms with Gasteiger partial charge in [-0.2, -0.15) is 0 Å². The second-order valence-corrected chi connectivity index (χ2v) is 6.05. The minimum atomic E-state index is -0.457. The van der Waals surface area contributed by atoms with Crippen LogP contribution >= 0.6 is 0 Å². The van der Waals surface area contributed by atoms with Crippen LogP contribution in [0.3, 0.4) is 0 Å². The fraction of sp³-hybridized carbons (Fsp3) is 0.625. The number of pyridine rings is 1. The molecule has 122 valence electrons. The van der Waals surface area contributed by atoms with Crippen molar-refractivity contribution < 1.29 is 9.90 Å². The summed E-state index contributed by atoms with van der Waals surface area (Å²) < 4.78 is 0. The lowest BCUT2D eigenvalue weighted by molar-refractivity contribution is 0.100. The fourth-order valence-electron chi connectivity index (χ4n) is 2.75. The van der Waals surface area contributed by atoms with E-state index in [1.165, 1.54) is 0 Å². The minimum Gasteiger partial charge on any atom is -0.396 e. The SMILES string of the molecule is Cc1cc(C(N)=O)c(NCCN2CCC(CO)CC2)nc1C. The number of nitrogens with one attached hydrogen (secondary N) is 1. The lowest BCUT2D eigenvalue weighted by Gasteiger charge is -2.31. The van der Waals surface area contributed by atoms with Gasteiger partial charge in [0.05, 0.1) is 5.56 Å². The molecular weight excluding hydrogens is 280 g/mol. The molecule has 1 aliphatic rings. The molecule has 1 aromatic rings. The highest BCUT2D eigenvalue weighted by Gasteiger charge is 2.18. The summed E-state index contributed by atoms with van der Waals surface area (Å²) >= 11 is 0. The number of anilines is 1. The molecule has 0 saturated carbocycles. The molecular formula is C16H26N4O2. The molecule has 4 N–H and O–H groups in total. The van der Waals surface area contributed by atoms with Crippen LogP contribution in [0.15, 0.2) is 6.07 Å². The molecule has 1 aromatic heterocycles. The predicted molar refractivity (Wildman–Crippen MR) is 87.0 cm³/mol. The Labute approximate surface area is 131 Å². The van der Waals surface area contributed by atoms with Crippen LogP contribution in [0, 0.1) is 19.8 Å². The van der Waals surface area contributed by atoms with Gasteiger partial charge in [0.25, 0.3) is 5.91 Å². The second kappa shape index (κ2) is 7.56. The molecule has 22 heavy (non-hydrogen) atoms. The van der Waals surface area contributed by atoms with Crippen LogP contribution < -0.4 is 11.1 Å². The number of nitrogens with zero attached hydrogens (tertiary/aromatic N) is 2. The number of carbonyl (C=O) groups is 1. The van der Waals surface area contributed by atoms with Crippen LogP contribution in [-0.4, -0.2) is 53.7 Å². The van der Waals surface area contributed by atoms with Gasteiger partial charge in [0.1, 0.15) is 5.82 Å². The van der Waals surface area contributed by atoms with Gasteiger partial charge >= 0.3 is 0 Å². The van der Waals surface area contributed by atoms with E-state index in [9.17, 15) is 4.79 Å². The summed E-state index contributed by atoms with van der Waals surface area (Å²) in [4.78, 5) is 18.3. The number of piperidine rings is 1. The van der Waals surface area contributed by atoms with E-state index in [1.54, 1.807) is 6.07 Å². The zero-order valence-corrected chi connectivity index (χ0v) is 13.4. The molecule has 0 unspecified atom stereocenters. The van der Waals surface area contributed by atoms with E-state index in [0.717, 1.165) is 50.3 Å². The number of aliphatic hydroxyl groups excluding tert-OH is 1. The number of carbonyl (C=O) groups excluding carboxylic acids is 1. The van der Waals surface area contributed by atoms with Crippen LogP contribution in [0.25, 0.3) is 0 Å². The number of nitrogens with two attached hydrogens (primary N) is 1. The molecule has 0 bridgehead atoms. The molecule has 6 heteroatoms. The van der Waals surface area contributed by atoms with E-state index >= 15 is 0 Å². The molecule has 0 atom stereocenters. The number of aliphatic hydroxyl groups is 1. The third-order valence-electron chi connectivity index (χ3n) is 4.42. The third-order valence-corrected chi connectivity index (χ3v) is 4.42. The summed E-state index contributed by atoms with van der Waals surface area (Å²) in [6.45, 7) is 7.77. The van der Waals surface area contributed by atoms with Crippen LogP contribution in [-0.2, 0) is 0 Å². The van der Waals surface area contributed by atoms with Crippen LogP contribution in [0.5, 0.6) is 0 Å². The summed E-state index contributed by atoms with van der Waals surface area (Å²) in [5, 5.41) is 12.4. The van der Waals surface area contributed by atoms with Crippen molar-refractivity contribution >= 4 is 11.7 Å². The minimum absolute atomic E-state index is 0.292. The summed E-state index contributed by atoms with van der Waals surface area (Å²) in [7, 11) is 0. The van der Waals surface area contributed by atoms with Crippen LogP contribution in [0.1, 0.15) is 34.5 Å². The summed E-state index contributed by atoms with van der Waals surface area (Å²) in [5.74, 6) is 0.565. The molecule has 1 saturated heterocycles. The molecule has 1 amide bonds. The molecule has 2 rings (SSSR count). The molecule has 0 spiro atoms. The number of hydrogen-bond donors (Lipinski definition) is 3. The lowest BCUT2D eigenvalue weighted by atomic mass is 9.98. The Morgan fingerprint density at radius 1 is 1.45 bits per heavy atom. The Balaban J connectivity index is 1.89. The van der Waals surface area contributed by atoms with Crippen molar-refractivity contribution in [1.29, 1.82) is 0 Å². The van der Waals surface area contributed by atoms with E-state index < -0.39 is 5.91 Å². The Morgan fingerprint density at radius 2 is 2.14 bits per heavy atom. The largest absolute Gasteiger partial charge is 0.396 e. The number of hydrogen-bond acceptors (Lipinski definition) is 5. The number of likely N-dealkylation sites (tertiary alicyclic amines) is 1. The van der Waals surface area contributed by atoms with Gasteiger partial charge in [0.2, 0.25) is 0 Å². The first-order chi connectivity index (χ1) is 10.5. The average molecular weight is 306 g/mol. The summed E-state index contributed by atoms with van der Waals surface area (Å²) in [6.07, 6.45) is 2.09. The average Bonchev–Trinajstić information content (AvgIpc) is 2.51. The van der Waals surface area contributed by atoms with Crippen molar-refractivity contribution in [2.75, 3.05) is 38.1 Å². The molecule has 0 aromatic carbocycles. The quantitative estimate of drug-likeness (QED) is 0.727. The predicted octanol–water partition coefficient (Wildman–Crippen LogP) is 0.914. The topological polar surface area (TPSA) is 91.5 Å². The number of aromatic nitrogens is 1. The molecule has 0 radical (unpaired) electrons. The van der Waals surface area contributed by atoms with Gasteiger partial charge in [-0.25, -0.2) is 4.98 Å². The molecule has 6 nitrogen and oxygen atoms in total. The first-order valence-corrected chi connectivity index (χ1v) is 7.86. The first-order valence-electron chi connectivity index (χ1n) is 7.86. The zero-order chi connectivity index (χ0) is 16.1. The Bertz CT molecular complexity index is 525. The standard InChI is InChI=1S/C16H26N4O2/c1-11-9-14(15(17)22)16(19-12(11)2)18-5-8-20-6-3-13(10-21)4-7-20/h9,13,21H,3-8,10H2,1-2H3,(H2,17,22)(H,18,19). The number of amides is 1. The van der Waals surface area contributed by atoms with E-state index in [2.05, 4.69) is 15.2 Å². The lowest BCUT2D eigenvalue weighted by Crippen LogP contribution is -2.37. The number of primary amides is 1. The van der Waals surface area contributed by atoms with E-state index in [1.807, 2.05) is 13.8 Å². The van der Waals surface area contributed by atoms with E-state index in [4.69, 9.17) is 10.8 Å². The van der Waals surface area contributed by atoms with Crippen molar-refractivity contribution in [1.82, 2.24) is 9.88 Å². The molecule has 1 fully saturated rings. The van der Waals surface area contributed by atoms with Gasteiger partial charge in [0.15, 0.2) is 0 Å². The normalized spacial score (nSPS) is 16.7. The monoisotopic (exact) mass is 306 g/mol. The summed E-state index contributed by atoms with van der Waals surface area (Å²) in [6, 6.07) is 1.79. The van der Waals surface area contributed by atoms with Crippen molar-refractivity contribution in [3.63, 3.8) is 0 Å². The molecule has 0 aliphatic carbocycles. The van der Waals surface area contributed by atoms with E-state index in [0.29, 0.717) is 23.9 Å². The maximum absolute atomic E-state index is 11.5. The highest BCUT2D eigenvalue weighted by atomic mass is 16.3. The highest BCUT2D eigenvalue weighted by molar-refractivity contribution is 5.97. The van der Waals surface area contributed by atoms with Crippen molar-refractivity contribution in [3.05, 3.63) is 22.9 Å². The van der Waals surface area contributed by atoms with Crippen LogP contribution in [0.2, 0.25) is 0 Å². The fourth-order valence-corrected chi connectivity index (χ4v) is 2.75. The molecule has 2 heterocycles. The smallest absolute Gasteiger partial charge is 0.252 e. The zero-order valence-electron chi connectivity index (χ0n) is 13.4. The highest BCUT2D eigenvalue weighted by Crippen LogP contribution is 2.18. The number of rotatable bonds is 6. The Morgan fingerprint density at radius 3 is 2.73 bits per heavy atom. The Hall–Kier alpha value is -1.66. The summed E-state index contributed by atoms with van der Waals surface area (Å²) in [5.41, 5.74) is 7.73. The van der Waals surface area contributed by atoms with Gasteiger partial charge in [0, 0.05) is 25.4 Å². The number of aryl methyl sites for hydroxylation is 2. The van der Waals surface area contributed by atoms with Crippen molar-refractivity contribution in [2.45, 2.75) is 26.7 Å². The van der Waals surface area contributed by atoms with Gasteiger partial charge < -0.3 is 21.1 Å². The van der Waals surface area contributed by atoms with E-state index in [-0.39, 0.29) is 0 Å². The second-order valence-electron chi connectivity index (χ2n) is 6.05. The van der Waals surface area contributed by atoms with Crippen molar-refractivity contribution in [3.8, 4) is 0 Å². The van der Waals surface area contributed by atoms with Gasteiger partial charge in [-0.15, -0.1) is 0 Å². The maximum atomic E-state index is 11.5.